The Balaban J connectivity index is 3.24. The second kappa shape index (κ2) is 5.49. The Kier molecular flexibility index (Phi) is 5.41. The summed E-state index contributed by atoms with van der Waals surface area (Å²) in [4.78, 5) is 0. The first-order valence-electron chi connectivity index (χ1n) is 3.73. The first-order chi connectivity index (χ1) is 5.04. The lowest BCUT2D eigenvalue weighted by molar-refractivity contribution is -0.0772. The molecular weight excluding hydrogens is 146 g/mol. The van der Waals surface area contributed by atoms with Gasteiger partial charge in [-0.25, -0.2) is 0 Å². The van der Waals surface area contributed by atoms with E-state index in [0.717, 1.165) is 0 Å². The third-order valence-corrected chi connectivity index (χ3v) is 1.14. The minimum absolute atomic E-state index is 0.190. The molecule has 0 heterocycles. The van der Waals surface area contributed by atoms with Crippen molar-refractivity contribution in [1.82, 2.24) is 0 Å². The third kappa shape index (κ3) is 6.25. The molecule has 1 atom stereocenters. The summed E-state index contributed by atoms with van der Waals surface area (Å²) in [5, 5.41) is 17.1. The maximum absolute atomic E-state index is 8.54. The molecule has 68 valence electrons. The SMILES string of the molecule is CC(C)COCC(N)C(O)O. The van der Waals surface area contributed by atoms with Crippen LogP contribution in [0.3, 0.4) is 0 Å². The molecule has 0 fully saturated rings. The number of nitrogens with two attached hydrogens (primary N) is 1. The highest BCUT2D eigenvalue weighted by Crippen LogP contribution is 1.94. The summed E-state index contributed by atoms with van der Waals surface area (Å²) in [6, 6.07) is -0.700. The van der Waals surface area contributed by atoms with E-state index >= 15 is 0 Å². The van der Waals surface area contributed by atoms with E-state index in [9.17, 15) is 0 Å². The van der Waals surface area contributed by atoms with Crippen LogP contribution in [0.1, 0.15) is 13.8 Å². The number of aliphatic hydroxyl groups excluding tert-OH is 1. The van der Waals surface area contributed by atoms with E-state index in [-0.39, 0.29) is 6.61 Å². The Bertz CT molecular complexity index is 95.7. The lowest BCUT2D eigenvalue weighted by Crippen LogP contribution is -2.38. The Hall–Kier alpha value is -0.160. The van der Waals surface area contributed by atoms with Gasteiger partial charge in [0.05, 0.1) is 12.6 Å². The first-order valence-corrected chi connectivity index (χ1v) is 3.73. The molecule has 0 radical (unpaired) electrons. The minimum atomic E-state index is -1.48. The van der Waals surface area contributed by atoms with Crippen LogP contribution < -0.4 is 5.73 Å². The van der Waals surface area contributed by atoms with E-state index in [4.69, 9.17) is 20.7 Å². The fourth-order valence-electron chi connectivity index (χ4n) is 0.526. The van der Waals surface area contributed by atoms with Crippen molar-refractivity contribution in [1.29, 1.82) is 0 Å². The minimum Gasteiger partial charge on any atom is -0.379 e. The lowest BCUT2D eigenvalue weighted by atomic mass is 10.2. The van der Waals surface area contributed by atoms with Gasteiger partial charge in [0.2, 0.25) is 0 Å². The average molecular weight is 163 g/mol. The second-order valence-corrected chi connectivity index (χ2v) is 3.01. The van der Waals surface area contributed by atoms with Crippen molar-refractivity contribution < 1.29 is 14.9 Å². The van der Waals surface area contributed by atoms with Gasteiger partial charge in [-0.15, -0.1) is 0 Å². The van der Waals surface area contributed by atoms with Crippen LogP contribution in [0.4, 0.5) is 0 Å². The van der Waals surface area contributed by atoms with Gasteiger partial charge in [-0.05, 0) is 5.92 Å². The average Bonchev–Trinajstić information content (AvgIpc) is 1.86. The van der Waals surface area contributed by atoms with E-state index in [0.29, 0.717) is 12.5 Å². The van der Waals surface area contributed by atoms with Crippen LogP contribution in [0, 0.1) is 5.92 Å². The van der Waals surface area contributed by atoms with Crippen LogP contribution in [0.15, 0.2) is 0 Å². The van der Waals surface area contributed by atoms with Gasteiger partial charge >= 0.3 is 0 Å². The maximum Gasteiger partial charge on any atom is 0.169 e. The third-order valence-electron chi connectivity index (χ3n) is 1.14. The second-order valence-electron chi connectivity index (χ2n) is 3.01. The zero-order valence-corrected chi connectivity index (χ0v) is 7.03. The van der Waals surface area contributed by atoms with Gasteiger partial charge in [0.25, 0.3) is 0 Å². The van der Waals surface area contributed by atoms with Crippen molar-refractivity contribution in [2.75, 3.05) is 13.2 Å². The maximum atomic E-state index is 8.54. The lowest BCUT2D eigenvalue weighted by Gasteiger charge is -2.14. The molecule has 0 aromatic rings. The van der Waals surface area contributed by atoms with Gasteiger partial charge in [0.15, 0.2) is 6.29 Å². The summed E-state index contributed by atoms with van der Waals surface area (Å²) in [7, 11) is 0. The highest BCUT2D eigenvalue weighted by molar-refractivity contribution is 4.60. The topological polar surface area (TPSA) is 75.7 Å². The number of ether oxygens (including phenoxy) is 1. The molecule has 0 bridgehead atoms. The summed E-state index contributed by atoms with van der Waals surface area (Å²) < 4.78 is 5.07. The molecule has 4 nitrogen and oxygen atoms in total. The zero-order chi connectivity index (χ0) is 8.85. The monoisotopic (exact) mass is 163 g/mol. The summed E-state index contributed by atoms with van der Waals surface area (Å²) in [6.07, 6.45) is -1.48. The Labute approximate surface area is 67.0 Å². The van der Waals surface area contributed by atoms with Crippen LogP contribution in [0.25, 0.3) is 0 Å². The molecule has 1 unspecified atom stereocenters. The molecule has 4 N–H and O–H groups in total. The van der Waals surface area contributed by atoms with E-state index in [1.165, 1.54) is 0 Å². The predicted molar refractivity (Wildman–Crippen MR) is 41.9 cm³/mol. The smallest absolute Gasteiger partial charge is 0.169 e. The van der Waals surface area contributed by atoms with E-state index in [1.807, 2.05) is 13.8 Å². The van der Waals surface area contributed by atoms with Crippen molar-refractivity contribution in [2.24, 2.45) is 11.7 Å². The van der Waals surface area contributed by atoms with Gasteiger partial charge in [-0.2, -0.15) is 0 Å². The molecule has 0 saturated heterocycles. The Morgan fingerprint density at radius 2 is 1.82 bits per heavy atom. The largest absolute Gasteiger partial charge is 0.379 e. The summed E-state index contributed by atoms with van der Waals surface area (Å²) in [5.74, 6) is 0.443. The Morgan fingerprint density at radius 1 is 1.27 bits per heavy atom. The van der Waals surface area contributed by atoms with Crippen molar-refractivity contribution >= 4 is 0 Å². The molecule has 0 rings (SSSR count). The van der Waals surface area contributed by atoms with Crippen molar-refractivity contribution in [3.8, 4) is 0 Å². The molecule has 0 amide bonds. The Morgan fingerprint density at radius 3 is 2.18 bits per heavy atom. The molecule has 0 aliphatic rings. The molecule has 0 spiro atoms. The van der Waals surface area contributed by atoms with Crippen molar-refractivity contribution in [3.05, 3.63) is 0 Å². The van der Waals surface area contributed by atoms with Gasteiger partial charge < -0.3 is 20.7 Å². The molecule has 4 heteroatoms. The van der Waals surface area contributed by atoms with E-state index in [1.54, 1.807) is 0 Å². The molecule has 0 aromatic heterocycles. The highest BCUT2D eigenvalue weighted by Gasteiger charge is 2.10. The zero-order valence-electron chi connectivity index (χ0n) is 7.03. The van der Waals surface area contributed by atoms with Crippen molar-refractivity contribution in [3.63, 3.8) is 0 Å². The van der Waals surface area contributed by atoms with Gasteiger partial charge in [0, 0.05) is 6.61 Å². The standard InChI is InChI=1S/C7H17NO3/c1-5(2)3-11-4-6(8)7(9)10/h5-7,9-10H,3-4,8H2,1-2H3. The molecule has 11 heavy (non-hydrogen) atoms. The molecule has 0 aliphatic carbocycles. The van der Waals surface area contributed by atoms with Crippen LogP contribution in [-0.2, 0) is 4.74 Å². The van der Waals surface area contributed by atoms with Crippen LogP contribution >= 0.6 is 0 Å². The quantitative estimate of drug-likeness (QED) is 0.468. The number of hydrogen-bond donors (Lipinski definition) is 3. The molecular formula is C7H17NO3. The number of aliphatic hydroxyl groups is 2. The molecule has 0 aromatic carbocycles. The first kappa shape index (κ1) is 10.8. The highest BCUT2D eigenvalue weighted by atomic mass is 16.5. The van der Waals surface area contributed by atoms with Gasteiger partial charge in [-0.1, -0.05) is 13.8 Å². The van der Waals surface area contributed by atoms with Crippen LogP contribution in [-0.4, -0.2) is 35.8 Å². The van der Waals surface area contributed by atoms with E-state index in [2.05, 4.69) is 0 Å². The van der Waals surface area contributed by atoms with Crippen molar-refractivity contribution in [2.45, 2.75) is 26.2 Å². The fraction of sp³-hybridized carbons (Fsp3) is 1.00. The fourth-order valence-corrected chi connectivity index (χ4v) is 0.526. The summed E-state index contributed by atoms with van der Waals surface area (Å²) in [5.41, 5.74) is 5.28. The normalized spacial score (nSPS) is 14.5. The predicted octanol–water partition coefficient (Wildman–Crippen LogP) is -0.703. The number of rotatable bonds is 5. The van der Waals surface area contributed by atoms with E-state index < -0.39 is 12.3 Å². The van der Waals surface area contributed by atoms with Crippen LogP contribution in [0.5, 0.6) is 0 Å². The van der Waals surface area contributed by atoms with Gasteiger partial charge in [0.1, 0.15) is 0 Å². The molecule has 0 saturated carbocycles. The summed E-state index contributed by atoms with van der Waals surface area (Å²) in [6.45, 7) is 4.82. The molecule has 0 aliphatic heterocycles. The summed E-state index contributed by atoms with van der Waals surface area (Å²) >= 11 is 0. The number of hydrogen-bond acceptors (Lipinski definition) is 4. The van der Waals surface area contributed by atoms with Crippen LogP contribution in [0.2, 0.25) is 0 Å². The van der Waals surface area contributed by atoms with Gasteiger partial charge in [-0.3, -0.25) is 0 Å².